The Labute approximate surface area is 117 Å². The van der Waals surface area contributed by atoms with Crippen molar-refractivity contribution in [1.82, 2.24) is 15.1 Å². The van der Waals surface area contributed by atoms with Crippen molar-refractivity contribution in [3.05, 3.63) is 57.4 Å². The van der Waals surface area contributed by atoms with Gasteiger partial charge < -0.3 is 5.32 Å². The fourth-order valence-electron chi connectivity index (χ4n) is 1.67. The molecule has 0 atom stereocenters. The number of hydrogen-bond donors (Lipinski definition) is 1. The van der Waals surface area contributed by atoms with Crippen LogP contribution >= 0.6 is 0 Å². The molecule has 1 N–H and O–H groups in total. The molecule has 0 fully saturated rings. The summed E-state index contributed by atoms with van der Waals surface area (Å²) in [7, 11) is 1.69. The molecule has 0 aliphatic carbocycles. The van der Waals surface area contributed by atoms with Crippen LogP contribution in [0.5, 0.6) is 0 Å². The molecule has 1 aromatic carbocycles. The molecule has 2 rings (SSSR count). The van der Waals surface area contributed by atoms with Gasteiger partial charge in [-0.05, 0) is 12.1 Å². The van der Waals surface area contributed by atoms with Crippen LogP contribution in [-0.4, -0.2) is 20.6 Å². The highest BCUT2D eigenvalue weighted by atomic mass is 19.1. The van der Waals surface area contributed by atoms with E-state index in [-0.39, 0.29) is 6.54 Å². The lowest BCUT2D eigenvalue weighted by atomic mass is 10.1. The average molecular weight is 296 g/mol. The van der Waals surface area contributed by atoms with Crippen LogP contribution in [-0.2, 0) is 13.6 Å². The summed E-state index contributed by atoms with van der Waals surface area (Å²) in [5.41, 5.74) is -1.09. The molecule has 0 unspecified atom stereocenters. The van der Waals surface area contributed by atoms with E-state index in [4.69, 9.17) is 0 Å². The quantitative estimate of drug-likeness (QED) is 0.684. The maximum Gasteiger partial charge on any atom is 0.307 e. The Morgan fingerprint density at radius 3 is 2.71 bits per heavy atom. The first kappa shape index (κ1) is 14.6. The van der Waals surface area contributed by atoms with Gasteiger partial charge in [0.25, 0.3) is 5.91 Å². The third kappa shape index (κ3) is 3.19. The van der Waals surface area contributed by atoms with Gasteiger partial charge >= 0.3 is 5.69 Å². The Morgan fingerprint density at radius 1 is 1.43 bits per heavy atom. The molecule has 110 valence electrons. The van der Waals surface area contributed by atoms with Gasteiger partial charge in [0.2, 0.25) is 5.82 Å². The summed E-state index contributed by atoms with van der Waals surface area (Å²) in [6, 6.07) is 2.53. The van der Waals surface area contributed by atoms with Gasteiger partial charge in [0.1, 0.15) is 5.82 Å². The number of hydrogen-bond acceptors (Lipinski definition) is 4. The summed E-state index contributed by atoms with van der Waals surface area (Å²) in [5.74, 6) is -3.32. The first-order valence-electron chi connectivity index (χ1n) is 5.78. The van der Waals surface area contributed by atoms with Gasteiger partial charge in [-0.15, -0.1) is 0 Å². The maximum absolute atomic E-state index is 13.6. The molecular formula is C12H10F2N4O3. The standard InChI is InChI=1S/C12H10F2N4O3/c1-17-3-2-7(16-17)6-15-12(19)8-4-10(14)11(18(20)21)5-9(8)13/h2-5H,6H2,1H3,(H,15,19). The molecule has 21 heavy (non-hydrogen) atoms. The highest BCUT2D eigenvalue weighted by molar-refractivity contribution is 5.94. The normalized spacial score (nSPS) is 10.4. The SMILES string of the molecule is Cn1ccc(CNC(=O)c2cc(F)c([N+](=O)[O-])cc2F)n1. The van der Waals surface area contributed by atoms with Gasteiger partial charge in [0.05, 0.1) is 28.8 Å². The van der Waals surface area contributed by atoms with Gasteiger partial charge in [-0.2, -0.15) is 9.49 Å². The molecule has 0 bridgehead atoms. The summed E-state index contributed by atoms with van der Waals surface area (Å²) in [6.07, 6.45) is 1.66. The number of aryl methyl sites for hydroxylation is 1. The molecule has 0 aliphatic rings. The van der Waals surface area contributed by atoms with Crippen molar-refractivity contribution in [2.75, 3.05) is 0 Å². The molecule has 0 radical (unpaired) electrons. The second-order valence-electron chi connectivity index (χ2n) is 4.20. The average Bonchev–Trinajstić information content (AvgIpc) is 2.83. The third-order valence-electron chi connectivity index (χ3n) is 2.68. The Balaban J connectivity index is 2.15. The largest absolute Gasteiger partial charge is 0.346 e. The van der Waals surface area contributed by atoms with E-state index >= 15 is 0 Å². The third-order valence-corrected chi connectivity index (χ3v) is 2.68. The molecule has 0 saturated heterocycles. The molecule has 0 spiro atoms. The van der Waals surface area contributed by atoms with Gasteiger partial charge in [-0.1, -0.05) is 0 Å². The van der Waals surface area contributed by atoms with Gasteiger partial charge in [-0.3, -0.25) is 19.6 Å². The molecule has 1 aromatic heterocycles. The van der Waals surface area contributed by atoms with Crippen molar-refractivity contribution in [3.63, 3.8) is 0 Å². The highest BCUT2D eigenvalue weighted by Crippen LogP contribution is 2.21. The van der Waals surface area contributed by atoms with E-state index in [1.54, 1.807) is 19.3 Å². The zero-order chi connectivity index (χ0) is 15.6. The fourth-order valence-corrected chi connectivity index (χ4v) is 1.67. The molecule has 9 heteroatoms. The van der Waals surface area contributed by atoms with E-state index in [1.807, 2.05) is 0 Å². The fraction of sp³-hybridized carbons (Fsp3) is 0.167. The van der Waals surface area contributed by atoms with Crippen LogP contribution in [0.3, 0.4) is 0 Å². The number of halogens is 2. The van der Waals surface area contributed by atoms with Crippen molar-refractivity contribution >= 4 is 11.6 Å². The summed E-state index contributed by atoms with van der Waals surface area (Å²) in [5, 5.41) is 16.8. The first-order valence-corrected chi connectivity index (χ1v) is 5.78. The Bertz CT molecular complexity index is 715. The number of rotatable bonds is 4. The minimum absolute atomic E-state index is 0.0255. The van der Waals surface area contributed by atoms with Crippen molar-refractivity contribution in [1.29, 1.82) is 0 Å². The molecule has 1 amide bonds. The van der Waals surface area contributed by atoms with Crippen LogP contribution in [0.4, 0.5) is 14.5 Å². The zero-order valence-corrected chi connectivity index (χ0v) is 10.8. The van der Waals surface area contributed by atoms with Crippen LogP contribution in [0.25, 0.3) is 0 Å². The molecule has 0 saturated carbocycles. The van der Waals surface area contributed by atoms with E-state index in [0.29, 0.717) is 17.8 Å². The summed E-state index contributed by atoms with van der Waals surface area (Å²) < 4.78 is 28.5. The zero-order valence-electron chi connectivity index (χ0n) is 10.8. The topological polar surface area (TPSA) is 90.1 Å². The smallest absolute Gasteiger partial charge is 0.307 e. The second-order valence-corrected chi connectivity index (χ2v) is 4.20. The van der Waals surface area contributed by atoms with E-state index in [9.17, 15) is 23.7 Å². The molecule has 1 heterocycles. The number of amides is 1. The molecular weight excluding hydrogens is 286 g/mol. The lowest BCUT2D eigenvalue weighted by Gasteiger charge is -2.05. The Hall–Kier alpha value is -2.84. The van der Waals surface area contributed by atoms with E-state index in [2.05, 4.69) is 10.4 Å². The summed E-state index contributed by atoms with van der Waals surface area (Å²) >= 11 is 0. The van der Waals surface area contributed by atoms with Gasteiger partial charge in [0, 0.05) is 13.2 Å². The van der Waals surface area contributed by atoms with Crippen LogP contribution in [0.15, 0.2) is 24.4 Å². The van der Waals surface area contributed by atoms with Crippen molar-refractivity contribution < 1.29 is 18.5 Å². The van der Waals surface area contributed by atoms with Crippen LogP contribution in [0.1, 0.15) is 16.1 Å². The number of nitrogens with one attached hydrogen (secondary N) is 1. The van der Waals surface area contributed by atoms with E-state index in [1.165, 1.54) is 4.68 Å². The lowest BCUT2D eigenvalue weighted by molar-refractivity contribution is -0.387. The van der Waals surface area contributed by atoms with Crippen molar-refractivity contribution in [2.24, 2.45) is 7.05 Å². The van der Waals surface area contributed by atoms with Crippen LogP contribution in [0, 0.1) is 21.7 Å². The number of benzene rings is 1. The first-order chi connectivity index (χ1) is 9.88. The minimum Gasteiger partial charge on any atom is -0.346 e. The molecule has 2 aromatic rings. The van der Waals surface area contributed by atoms with E-state index in [0.717, 1.165) is 0 Å². The van der Waals surface area contributed by atoms with Crippen LogP contribution < -0.4 is 5.32 Å². The predicted molar refractivity (Wildman–Crippen MR) is 67.4 cm³/mol. The minimum atomic E-state index is -1.27. The molecule has 0 aliphatic heterocycles. The van der Waals surface area contributed by atoms with Crippen LogP contribution in [0.2, 0.25) is 0 Å². The van der Waals surface area contributed by atoms with E-state index < -0.39 is 33.7 Å². The highest BCUT2D eigenvalue weighted by Gasteiger charge is 2.21. The predicted octanol–water partition coefficient (Wildman–Crippen LogP) is 1.54. The van der Waals surface area contributed by atoms with Crippen molar-refractivity contribution in [2.45, 2.75) is 6.54 Å². The second kappa shape index (κ2) is 5.65. The summed E-state index contributed by atoms with van der Waals surface area (Å²) in [4.78, 5) is 21.2. The number of nitro groups is 1. The number of nitro benzene ring substituents is 1. The number of nitrogens with zero attached hydrogens (tertiary/aromatic N) is 3. The maximum atomic E-state index is 13.6. The lowest BCUT2D eigenvalue weighted by Crippen LogP contribution is -2.24. The molecule has 7 nitrogen and oxygen atoms in total. The Morgan fingerprint density at radius 2 is 2.14 bits per heavy atom. The van der Waals surface area contributed by atoms with Gasteiger partial charge in [-0.25, -0.2) is 4.39 Å². The van der Waals surface area contributed by atoms with Crippen molar-refractivity contribution in [3.8, 4) is 0 Å². The number of carbonyl (C=O) groups excluding carboxylic acids is 1. The Kier molecular flexibility index (Phi) is 3.92. The summed E-state index contributed by atoms with van der Waals surface area (Å²) in [6.45, 7) is 0.0255. The van der Waals surface area contributed by atoms with Gasteiger partial charge in [0.15, 0.2) is 0 Å². The monoisotopic (exact) mass is 296 g/mol. The number of carbonyl (C=O) groups is 1. The number of aromatic nitrogens is 2.